The lowest BCUT2D eigenvalue weighted by Crippen LogP contribution is -2.17. The molecule has 0 fully saturated rings. The minimum absolute atomic E-state index is 0.000000000000000222. The van der Waals surface area contributed by atoms with Crippen LogP contribution in [0.2, 0.25) is 0 Å². The van der Waals surface area contributed by atoms with Gasteiger partial charge in [-0.15, -0.1) is 10.2 Å². The Bertz CT molecular complexity index is 246. The maximum Gasteiger partial charge on any atom is 0.308 e. The van der Waals surface area contributed by atoms with Gasteiger partial charge in [-0.3, -0.25) is 4.79 Å². The Balaban J connectivity index is 0. The van der Waals surface area contributed by atoms with Gasteiger partial charge in [0.15, 0.2) is 0 Å². The SMILES string of the molecule is CC.CC.CNC(=O)c1nnc(C)o1. The van der Waals surface area contributed by atoms with Crippen LogP contribution >= 0.6 is 0 Å². The Kier molecular flexibility index (Phi) is 10.5. The summed E-state index contributed by atoms with van der Waals surface area (Å²) in [4.78, 5) is 10.7. The van der Waals surface area contributed by atoms with Gasteiger partial charge in [0.25, 0.3) is 0 Å². The third-order valence-electron chi connectivity index (χ3n) is 0.947. The van der Waals surface area contributed by atoms with Gasteiger partial charge in [0.1, 0.15) is 0 Å². The largest absolute Gasteiger partial charge is 0.417 e. The number of hydrogen-bond acceptors (Lipinski definition) is 4. The summed E-state index contributed by atoms with van der Waals surface area (Å²) in [5.41, 5.74) is 0. The number of aryl methyl sites for hydroxylation is 1. The average Bonchev–Trinajstić information content (AvgIpc) is 2.69. The molecule has 82 valence electrons. The Hall–Kier alpha value is -1.39. The first-order valence-electron chi connectivity index (χ1n) is 4.76. The highest BCUT2D eigenvalue weighted by Crippen LogP contribution is 1.95. The molecule has 0 aliphatic rings. The minimum atomic E-state index is -0.361. The van der Waals surface area contributed by atoms with Crippen LogP contribution in [0, 0.1) is 6.92 Å². The lowest BCUT2D eigenvalue weighted by molar-refractivity contribution is 0.0927. The molecule has 0 atom stereocenters. The number of nitrogens with one attached hydrogen (secondary N) is 1. The lowest BCUT2D eigenvalue weighted by atomic mass is 10.6. The predicted molar refractivity (Wildman–Crippen MR) is 55.1 cm³/mol. The normalized spacial score (nSPS) is 7.57. The molecule has 14 heavy (non-hydrogen) atoms. The van der Waals surface area contributed by atoms with E-state index in [0.29, 0.717) is 5.89 Å². The fourth-order valence-corrected chi connectivity index (χ4v) is 0.495. The molecule has 0 saturated carbocycles. The van der Waals surface area contributed by atoms with E-state index in [2.05, 4.69) is 15.5 Å². The van der Waals surface area contributed by atoms with Crippen molar-refractivity contribution in [2.75, 3.05) is 7.05 Å². The number of amides is 1. The Morgan fingerprint density at radius 1 is 1.21 bits per heavy atom. The number of carbonyl (C=O) groups excluding carboxylic acids is 1. The molecule has 1 heterocycles. The molecule has 0 spiro atoms. The van der Waals surface area contributed by atoms with Crippen LogP contribution in [0.5, 0.6) is 0 Å². The van der Waals surface area contributed by atoms with Crippen molar-refractivity contribution in [3.8, 4) is 0 Å². The first-order valence-corrected chi connectivity index (χ1v) is 4.76. The average molecular weight is 201 g/mol. The van der Waals surface area contributed by atoms with Crippen LogP contribution in [0.1, 0.15) is 44.3 Å². The van der Waals surface area contributed by atoms with Crippen LogP contribution in [0.15, 0.2) is 4.42 Å². The maximum absolute atomic E-state index is 10.7. The van der Waals surface area contributed by atoms with Gasteiger partial charge >= 0.3 is 11.8 Å². The zero-order chi connectivity index (χ0) is 11.6. The summed E-state index contributed by atoms with van der Waals surface area (Å²) in [5.74, 6) is 0.0270. The summed E-state index contributed by atoms with van der Waals surface area (Å²) in [7, 11) is 1.50. The van der Waals surface area contributed by atoms with Crippen molar-refractivity contribution in [3.05, 3.63) is 11.8 Å². The molecule has 1 rings (SSSR count). The van der Waals surface area contributed by atoms with E-state index in [1.165, 1.54) is 7.05 Å². The summed E-state index contributed by atoms with van der Waals surface area (Å²) in [5, 5.41) is 9.33. The first-order chi connectivity index (χ1) is 6.74. The Morgan fingerprint density at radius 2 is 1.71 bits per heavy atom. The second-order valence-electron chi connectivity index (χ2n) is 1.71. The van der Waals surface area contributed by atoms with E-state index in [9.17, 15) is 4.79 Å². The highest BCUT2D eigenvalue weighted by atomic mass is 16.4. The van der Waals surface area contributed by atoms with Crippen LogP contribution in [0.25, 0.3) is 0 Å². The van der Waals surface area contributed by atoms with Crippen molar-refractivity contribution in [2.45, 2.75) is 34.6 Å². The molecule has 5 nitrogen and oxygen atoms in total. The van der Waals surface area contributed by atoms with Crippen LogP contribution < -0.4 is 5.32 Å². The molecular formula is C9H19N3O2. The van der Waals surface area contributed by atoms with E-state index in [1.54, 1.807) is 6.92 Å². The van der Waals surface area contributed by atoms with Gasteiger partial charge in [-0.1, -0.05) is 27.7 Å². The van der Waals surface area contributed by atoms with Crippen molar-refractivity contribution in [1.82, 2.24) is 15.5 Å². The van der Waals surface area contributed by atoms with Crippen LogP contribution in [0.3, 0.4) is 0 Å². The molecule has 0 bridgehead atoms. The van der Waals surface area contributed by atoms with Gasteiger partial charge < -0.3 is 9.73 Å². The number of nitrogens with zero attached hydrogens (tertiary/aromatic N) is 2. The van der Waals surface area contributed by atoms with Gasteiger partial charge in [-0.2, -0.15) is 0 Å². The maximum atomic E-state index is 10.7. The predicted octanol–water partition coefficient (Wildman–Crippen LogP) is 1.79. The van der Waals surface area contributed by atoms with E-state index in [1.807, 2.05) is 27.7 Å². The third kappa shape index (κ3) is 5.29. The molecule has 1 aromatic heterocycles. The zero-order valence-corrected chi connectivity index (χ0v) is 9.71. The monoisotopic (exact) mass is 201 g/mol. The number of hydrogen-bond donors (Lipinski definition) is 1. The summed E-state index contributed by atoms with van der Waals surface area (Å²) < 4.78 is 4.80. The van der Waals surface area contributed by atoms with E-state index in [-0.39, 0.29) is 11.8 Å². The molecule has 5 heteroatoms. The van der Waals surface area contributed by atoms with Crippen LogP contribution in [-0.2, 0) is 0 Å². The fourth-order valence-electron chi connectivity index (χ4n) is 0.495. The van der Waals surface area contributed by atoms with E-state index < -0.39 is 0 Å². The quantitative estimate of drug-likeness (QED) is 0.752. The van der Waals surface area contributed by atoms with E-state index in [0.717, 1.165) is 0 Å². The molecule has 0 saturated heterocycles. The third-order valence-corrected chi connectivity index (χ3v) is 0.947. The second kappa shape index (κ2) is 9.70. The minimum Gasteiger partial charge on any atom is -0.417 e. The standard InChI is InChI=1S/C5H7N3O2.2C2H6/c1-3-7-8-5(10-3)4(9)6-2;2*1-2/h1-2H3,(H,6,9);2*1-2H3. The molecule has 0 unspecified atom stereocenters. The lowest BCUT2D eigenvalue weighted by Gasteiger charge is -1.87. The summed E-state index contributed by atoms with van der Waals surface area (Å²) in [6, 6.07) is 0. The van der Waals surface area contributed by atoms with Gasteiger partial charge in [0, 0.05) is 14.0 Å². The Labute approximate surface area is 84.9 Å². The first kappa shape index (κ1) is 15.1. The Morgan fingerprint density at radius 3 is 2.00 bits per heavy atom. The molecule has 1 amide bonds. The summed E-state index contributed by atoms with van der Waals surface area (Å²) in [6.45, 7) is 9.62. The van der Waals surface area contributed by atoms with Gasteiger partial charge in [-0.05, 0) is 0 Å². The number of carbonyl (C=O) groups is 1. The zero-order valence-electron chi connectivity index (χ0n) is 9.71. The van der Waals surface area contributed by atoms with E-state index >= 15 is 0 Å². The summed E-state index contributed by atoms with van der Waals surface area (Å²) >= 11 is 0. The molecule has 0 aliphatic heterocycles. The van der Waals surface area contributed by atoms with Crippen molar-refractivity contribution < 1.29 is 9.21 Å². The number of aromatic nitrogens is 2. The topological polar surface area (TPSA) is 68.0 Å². The van der Waals surface area contributed by atoms with Crippen molar-refractivity contribution in [1.29, 1.82) is 0 Å². The highest BCUT2D eigenvalue weighted by molar-refractivity contribution is 5.88. The van der Waals surface area contributed by atoms with E-state index in [4.69, 9.17) is 4.42 Å². The molecule has 1 aromatic rings. The molecule has 0 aromatic carbocycles. The molecule has 0 aliphatic carbocycles. The second-order valence-corrected chi connectivity index (χ2v) is 1.71. The highest BCUT2D eigenvalue weighted by Gasteiger charge is 2.09. The molecular weight excluding hydrogens is 182 g/mol. The van der Waals surface area contributed by atoms with Crippen molar-refractivity contribution in [2.24, 2.45) is 0 Å². The molecule has 0 radical (unpaired) electrons. The molecule has 1 N–H and O–H groups in total. The van der Waals surface area contributed by atoms with Crippen molar-refractivity contribution >= 4 is 5.91 Å². The van der Waals surface area contributed by atoms with Gasteiger partial charge in [0.2, 0.25) is 5.89 Å². The van der Waals surface area contributed by atoms with Crippen LogP contribution in [0.4, 0.5) is 0 Å². The van der Waals surface area contributed by atoms with Crippen molar-refractivity contribution in [3.63, 3.8) is 0 Å². The van der Waals surface area contributed by atoms with Gasteiger partial charge in [0.05, 0.1) is 0 Å². The van der Waals surface area contributed by atoms with Crippen LogP contribution in [-0.4, -0.2) is 23.2 Å². The smallest absolute Gasteiger partial charge is 0.308 e. The summed E-state index contributed by atoms with van der Waals surface area (Å²) in [6.07, 6.45) is 0. The van der Waals surface area contributed by atoms with Gasteiger partial charge in [-0.25, -0.2) is 0 Å². The number of rotatable bonds is 1. The fraction of sp³-hybridized carbons (Fsp3) is 0.667.